The summed E-state index contributed by atoms with van der Waals surface area (Å²) in [7, 11) is -1.72. The maximum absolute atomic E-state index is 13.3. The Morgan fingerprint density at radius 1 is 1.11 bits per heavy atom. The number of rotatable bonds is 6. The Balaban J connectivity index is 2.67. The molecule has 0 spiro atoms. The van der Waals surface area contributed by atoms with Gasteiger partial charge in [-0.05, 0) is 36.8 Å². The first-order chi connectivity index (χ1) is 12.9. The molecule has 6 heteroatoms. The lowest BCUT2D eigenvalue weighted by Crippen LogP contribution is -2.18. The van der Waals surface area contributed by atoms with E-state index < -0.39 is 22.6 Å². The van der Waals surface area contributed by atoms with Gasteiger partial charge in [0.05, 0.1) is 33.8 Å². The fraction of sp³-hybridized carbons (Fsp3) is 0.238. The van der Waals surface area contributed by atoms with Crippen LogP contribution in [0.5, 0.6) is 0 Å². The zero-order valence-electron chi connectivity index (χ0n) is 15.0. The van der Waals surface area contributed by atoms with Crippen LogP contribution in [0.4, 0.5) is 0 Å². The van der Waals surface area contributed by atoms with E-state index in [1.807, 2.05) is 31.2 Å². The first kappa shape index (κ1) is 20.7. The SMILES string of the molecule is CC/C(O)=C(/C(c1ccc(Cl)cc1)C(C#N)C#N)[S@@](=O)c1ccc(C)cc1. The molecular weight excluding hydrogens is 380 g/mol. The molecule has 2 aromatic carbocycles. The number of aliphatic hydroxyl groups is 1. The van der Waals surface area contributed by atoms with E-state index in [9.17, 15) is 19.8 Å². The Labute approximate surface area is 166 Å². The fourth-order valence-electron chi connectivity index (χ4n) is 2.71. The second-order valence-corrected chi connectivity index (χ2v) is 7.90. The maximum atomic E-state index is 13.3. The average molecular weight is 399 g/mol. The number of allylic oxidation sites excluding steroid dienone is 2. The van der Waals surface area contributed by atoms with Gasteiger partial charge in [-0.1, -0.05) is 48.4 Å². The van der Waals surface area contributed by atoms with E-state index in [0.29, 0.717) is 15.5 Å². The van der Waals surface area contributed by atoms with E-state index >= 15 is 0 Å². The summed E-state index contributed by atoms with van der Waals surface area (Å²) >= 11 is 5.95. The highest BCUT2D eigenvalue weighted by molar-refractivity contribution is 7.89. The quantitative estimate of drug-likeness (QED) is 0.661. The predicted octanol–water partition coefficient (Wildman–Crippen LogP) is 5.38. The minimum atomic E-state index is -1.72. The number of nitriles is 2. The monoisotopic (exact) mass is 398 g/mol. The smallest absolute Gasteiger partial charge is 0.144 e. The van der Waals surface area contributed by atoms with E-state index in [2.05, 4.69) is 0 Å². The van der Waals surface area contributed by atoms with Crippen molar-refractivity contribution < 1.29 is 9.32 Å². The molecule has 0 saturated carbocycles. The second kappa shape index (κ2) is 9.37. The van der Waals surface area contributed by atoms with Gasteiger partial charge in [0.15, 0.2) is 0 Å². The van der Waals surface area contributed by atoms with Crippen LogP contribution in [0, 0.1) is 35.5 Å². The number of benzene rings is 2. The molecule has 138 valence electrons. The summed E-state index contributed by atoms with van der Waals surface area (Å²) in [4.78, 5) is 0.681. The molecule has 0 aliphatic heterocycles. The van der Waals surface area contributed by atoms with Gasteiger partial charge >= 0.3 is 0 Å². The van der Waals surface area contributed by atoms with Gasteiger partial charge in [-0.3, -0.25) is 0 Å². The zero-order chi connectivity index (χ0) is 20.0. The van der Waals surface area contributed by atoms with Crippen molar-refractivity contribution in [1.29, 1.82) is 10.5 Å². The molecule has 0 amide bonds. The minimum absolute atomic E-state index is 0.0793. The van der Waals surface area contributed by atoms with Crippen LogP contribution in [-0.2, 0) is 10.8 Å². The van der Waals surface area contributed by atoms with Gasteiger partial charge in [-0.15, -0.1) is 0 Å². The van der Waals surface area contributed by atoms with Crippen LogP contribution in [0.15, 0.2) is 64.1 Å². The van der Waals surface area contributed by atoms with Crippen molar-refractivity contribution in [2.24, 2.45) is 5.92 Å². The highest BCUT2D eigenvalue weighted by atomic mass is 35.5. The van der Waals surface area contributed by atoms with Gasteiger partial charge in [0.2, 0.25) is 0 Å². The molecule has 2 rings (SSSR count). The summed E-state index contributed by atoms with van der Waals surface area (Å²) in [5, 5.41) is 30.1. The van der Waals surface area contributed by atoms with Gasteiger partial charge in [0.1, 0.15) is 11.7 Å². The van der Waals surface area contributed by atoms with E-state index in [4.69, 9.17) is 11.6 Å². The summed E-state index contributed by atoms with van der Waals surface area (Å²) in [6, 6.07) is 17.7. The lowest BCUT2D eigenvalue weighted by Gasteiger charge is -2.22. The molecule has 0 radical (unpaired) electrons. The first-order valence-corrected chi connectivity index (χ1v) is 9.90. The lowest BCUT2D eigenvalue weighted by atomic mass is 9.86. The highest BCUT2D eigenvalue weighted by Crippen LogP contribution is 2.38. The number of halogens is 1. The van der Waals surface area contributed by atoms with Crippen molar-refractivity contribution in [2.75, 3.05) is 0 Å². The summed E-state index contributed by atoms with van der Waals surface area (Å²) in [6.07, 6.45) is 0.237. The van der Waals surface area contributed by atoms with Crippen LogP contribution in [0.3, 0.4) is 0 Å². The summed E-state index contributed by atoms with van der Waals surface area (Å²) < 4.78 is 13.3. The number of aliphatic hydroxyl groups excluding tert-OH is 1. The van der Waals surface area contributed by atoms with Gasteiger partial charge in [-0.2, -0.15) is 10.5 Å². The molecule has 0 aromatic heterocycles. The van der Waals surface area contributed by atoms with Crippen molar-refractivity contribution in [3.63, 3.8) is 0 Å². The molecule has 0 bridgehead atoms. The Morgan fingerprint density at radius 3 is 2.15 bits per heavy atom. The van der Waals surface area contributed by atoms with Crippen LogP contribution in [-0.4, -0.2) is 9.32 Å². The van der Waals surface area contributed by atoms with E-state index in [1.54, 1.807) is 43.3 Å². The third-order valence-corrected chi connectivity index (χ3v) is 6.02. The molecule has 0 fully saturated rings. The van der Waals surface area contributed by atoms with Crippen LogP contribution in [0.1, 0.15) is 30.4 Å². The van der Waals surface area contributed by atoms with Crippen molar-refractivity contribution in [1.82, 2.24) is 0 Å². The second-order valence-electron chi connectivity index (χ2n) is 6.01. The molecule has 27 heavy (non-hydrogen) atoms. The standard InChI is InChI=1S/C21H19ClN2O2S/c1-3-19(25)21(27(26)18-10-4-14(2)5-11-18)20(16(12-23)13-24)15-6-8-17(22)9-7-15/h4-11,16,20,25H,3H2,1-2H3/b21-19+/t20?,27-/m0/s1. The van der Waals surface area contributed by atoms with Gasteiger partial charge in [0.25, 0.3) is 0 Å². The zero-order valence-corrected chi connectivity index (χ0v) is 16.6. The molecule has 1 N–H and O–H groups in total. The van der Waals surface area contributed by atoms with Crippen molar-refractivity contribution in [3.8, 4) is 12.1 Å². The van der Waals surface area contributed by atoms with Crippen LogP contribution < -0.4 is 0 Å². The topological polar surface area (TPSA) is 84.9 Å². The third-order valence-electron chi connectivity index (χ3n) is 4.18. The predicted molar refractivity (Wildman–Crippen MR) is 106 cm³/mol. The third kappa shape index (κ3) is 4.77. The number of hydrogen-bond donors (Lipinski definition) is 1. The highest BCUT2D eigenvalue weighted by Gasteiger charge is 2.33. The van der Waals surface area contributed by atoms with Gasteiger partial charge in [0, 0.05) is 16.3 Å². The normalized spacial score (nSPS) is 14.0. The molecule has 0 aliphatic rings. The molecule has 2 atom stereocenters. The Kier molecular flexibility index (Phi) is 7.19. The summed E-state index contributed by atoms with van der Waals surface area (Å²) in [6.45, 7) is 3.65. The molecule has 0 saturated heterocycles. The van der Waals surface area contributed by atoms with Crippen molar-refractivity contribution >= 4 is 22.4 Å². The van der Waals surface area contributed by atoms with Crippen molar-refractivity contribution in [3.05, 3.63) is 75.3 Å². The maximum Gasteiger partial charge on any atom is 0.144 e. The number of hydrogen-bond acceptors (Lipinski definition) is 4. The summed E-state index contributed by atoms with van der Waals surface area (Å²) in [5.41, 5.74) is 1.62. The molecular formula is C21H19ClN2O2S. The number of nitrogens with zero attached hydrogens (tertiary/aromatic N) is 2. The first-order valence-electron chi connectivity index (χ1n) is 8.38. The largest absolute Gasteiger partial charge is 0.511 e. The molecule has 2 aromatic rings. The molecule has 4 nitrogen and oxygen atoms in total. The Hall–Kier alpha value is -2.60. The lowest BCUT2D eigenvalue weighted by molar-refractivity contribution is 0.385. The number of aryl methyl sites for hydroxylation is 1. The summed E-state index contributed by atoms with van der Waals surface area (Å²) in [5.74, 6) is -2.02. The minimum Gasteiger partial charge on any atom is -0.511 e. The molecule has 1 unspecified atom stereocenters. The average Bonchev–Trinajstić information content (AvgIpc) is 2.68. The van der Waals surface area contributed by atoms with Crippen LogP contribution in [0.25, 0.3) is 0 Å². The van der Waals surface area contributed by atoms with E-state index in [1.165, 1.54) is 0 Å². The van der Waals surface area contributed by atoms with E-state index in [0.717, 1.165) is 5.56 Å². The van der Waals surface area contributed by atoms with Gasteiger partial charge < -0.3 is 5.11 Å². The Morgan fingerprint density at radius 2 is 1.67 bits per heavy atom. The fourth-order valence-corrected chi connectivity index (χ4v) is 4.33. The van der Waals surface area contributed by atoms with Crippen LogP contribution in [0.2, 0.25) is 5.02 Å². The van der Waals surface area contributed by atoms with Crippen LogP contribution >= 0.6 is 11.6 Å². The molecule has 0 aliphatic carbocycles. The van der Waals surface area contributed by atoms with Gasteiger partial charge in [-0.25, -0.2) is 4.21 Å². The molecule has 0 heterocycles. The van der Waals surface area contributed by atoms with E-state index in [-0.39, 0.29) is 17.1 Å². The van der Waals surface area contributed by atoms with Crippen molar-refractivity contribution in [2.45, 2.75) is 31.1 Å². The Bertz CT molecular complexity index is 924.